The third-order valence-electron chi connectivity index (χ3n) is 3.36. The van der Waals surface area contributed by atoms with Gasteiger partial charge in [-0.25, -0.2) is 8.42 Å². The fourth-order valence-corrected chi connectivity index (χ4v) is 4.06. The fraction of sp³-hybridized carbons (Fsp3) is 0.118. The standard InChI is InChI=1S/C17H13ClN2O4S2/c18-13-8-6-12(7-9-13)15(21)10-25-17-20-19-16(24-17)11-26(22,23)14-4-2-1-3-5-14/h1-9H,10-11H2. The molecule has 0 amide bonds. The second-order valence-corrected chi connectivity index (χ2v) is 8.61. The van der Waals surface area contributed by atoms with Crippen molar-refractivity contribution in [1.82, 2.24) is 10.2 Å². The first kappa shape index (κ1) is 18.6. The van der Waals surface area contributed by atoms with Crippen molar-refractivity contribution in [3.63, 3.8) is 0 Å². The van der Waals surface area contributed by atoms with Gasteiger partial charge in [-0.3, -0.25) is 4.79 Å². The van der Waals surface area contributed by atoms with E-state index in [-0.39, 0.29) is 27.5 Å². The van der Waals surface area contributed by atoms with E-state index in [2.05, 4.69) is 10.2 Å². The number of carbonyl (C=O) groups is 1. The minimum Gasteiger partial charge on any atom is -0.415 e. The summed E-state index contributed by atoms with van der Waals surface area (Å²) in [4.78, 5) is 12.3. The molecule has 6 nitrogen and oxygen atoms in total. The van der Waals surface area contributed by atoms with Crippen molar-refractivity contribution in [1.29, 1.82) is 0 Å². The Hall–Kier alpha value is -2.16. The summed E-state index contributed by atoms with van der Waals surface area (Å²) in [6.07, 6.45) is 0. The maximum absolute atomic E-state index is 12.3. The number of benzene rings is 2. The predicted octanol–water partition coefficient (Wildman–Crippen LogP) is 3.67. The normalized spacial score (nSPS) is 11.4. The molecule has 3 rings (SSSR count). The summed E-state index contributed by atoms with van der Waals surface area (Å²) in [5.41, 5.74) is 0.522. The van der Waals surface area contributed by atoms with Crippen LogP contribution in [0.15, 0.2) is 69.1 Å². The van der Waals surface area contributed by atoms with Crippen molar-refractivity contribution in [2.24, 2.45) is 0 Å². The molecule has 0 spiro atoms. The number of halogens is 1. The van der Waals surface area contributed by atoms with E-state index in [4.69, 9.17) is 16.0 Å². The Morgan fingerprint density at radius 2 is 1.73 bits per heavy atom. The van der Waals surface area contributed by atoms with Crippen LogP contribution in [-0.2, 0) is 15.6 Å². The van der Waals surface area contributed by atoms with Crippen molar-refractivity contribution in [2.45, 2.75) is 15.9 Å². The highest BCUT2D eigenvalue weighted by Crippen LogP contribution is 2.21. The first-order chi connectivity index (χ1) is 12.4. The lowest BCUT2D eigenvalue weighted by Crippen LogP contribution is -2.05. The van der Waals surface area contributed by atoms with Crippen LogP contribution >= 0.6 is 23.4 Å². The molecule has 0 atom stereocenters. The molecule has 26 heavy (non-hydrogen) atoms. The lowest BCUT2D eigenvalue weighted by molar-refractivity contribution is 0.102. The molecule has 0 aliphatic rings. The monoisotopic (exact) mass is 408 g/mol. The number of ketones is 1. The molecule has 0 aliphatic carbocycles. The maximum Gasteiger partial charge on any atom is 0.277 e. The van der Waals surface area contributed by atoms with Crippen molar-refractivity contribution in [3.05, 3.63) is 71.1 Å². The number of hydrogen-bond donors (Lipinski definition) is 0. The van der Waals surface area contributed by atoms with Gasteiger partial charge >= 0.3 is 0 Å². The first-order valence-electron chi connectivity index (χ1n) is 7.46. The number of Topliss-reactive ketones (excluding diaryl/α,β-unsaturated/α-hetero) is 1. The molecule has 0 saturated carbocycles. The molecule has 134 valence electrons. The van der Waals surface area contributed by atoms with Crippen LogP contribution < -0.4 is 0 Å². The van der Waals surface area contributed by atoms with Crippen LogP contribution in [-0.4, -0.2) is 30.2 Å². The summed E-state index contributed by atoms with van der Waals surface area (Å²) in [5.74, 6) is -0.441. The Morgan fingerprint density at radius 3 is 2.42 bits per heavy atom. The molecule has 0 aliphatic heterocycles. The van der Waals surface area contributed by atoms with Crippen LogP contribution in [0.2, 0.25) is 5.02 Å². The number of hydrogen-bond acceptors (Lipinski definition) is 7. The van der Waals surface area contributed by atoms with Gasteiger partial charge in [-0.15, -0.1) is 10.2 Å². The van der Waals surface area contributed by atoms with Crippen LogP contribution in [0.3, 0.4) is 0 Å². The number of nitrogens with zero attached hydrogens (tertiary/aromatic N) is 2. The van der Waals surface area contributed by atoms with Crippen molar-refractivity contribution in [3.8, 4) is 0 Å². The maximum atomic E-state index is 12.3. The Labute approximate surface area is 159 Å². The molecular formula is C17H13ClN2O4S2. The quantitative estimate of drug-likeness (QED) is 0.435. The molecule has 0 unspecified atom stereocenters. The Morgan fingerprint density at radius 1 is 1.04 bits per heavy atom. The van der Waals surface area contributed by atoms with Crippen LogP contribution in [0.4, 0.5) is 0 Å². The zero-order valence-corrected chi connectivity index (χ0v) is 15.7. The molecule has 2 aromatic carbocycles. The van der Waals surface area contributed by atoms with E-state index < -0.39 is 15.6 Å². The number of carbonyl (C=O) groups excluding carboxylic acids is 1. The molecule has 0 N–H and O–H groups in total. The van der Waals surface area contributed by atoms with E-state index in [1.165, 1.54) is 12.1 Å². The van der Waals surface area contributed by atoms with Gasteiger partial charge in [0.25, 0.3) is 5.22 Å². The van der Waals surface area contributed by atoms with Gasteiger partial charge in [0.1, 0.15) is 5.75 Å². The lowest BCUT2D eigenvalue weighted by atomic mass is 10.1. The van der Waals surface area contributed by atoms with Gasteiger partial charge in [0, 0.05) is 10.6 Å². The molecule has 0 bridgehead atoms. The topological polar surface area (TPSA) is 90.1 Å². The second kappa shape index (κ2) is 8.03. The van der Waals surface area contributed by atoms with Gasteiger partial charge in [-0.05, 0) is 36.4 Å². The van der Waals surface area contributed by atoms with Crippen LogP contribution in [0, 0.1) is 0 Å². The summed E-state index contributed by atoms with van der Waals surface area (Å²) in [5, 5.41) is 8.22. The number of aromatic nitrogens is 2. The number of thioether (sulfide) groups is 1. The highest BCUT2D eigenvalue weighted by Gasteiger charge is 2.20. The predicted molar refractivity (Wildman–Crippen MR) is 98.1 cm³/mol. The Bertz CT molecular complexity index is 1000. The van der Waals surface area contributed by atoms with Crippen LogP contribution in [0.5, 0.6) is 0 Å². The third-order valence-corrected chi connectivity index (χ3v) is 6.04. The van der Waals surface area contributed by atoms with Gasteiger partial charge in [0.15, 0.2) is 15.6 Å². The average molecular weight is 409 g/mol. The molecule has 0 saturated heterocycles. The first-order valence-corrected chi connectivity index (χ1v) is 10.5. The highest BCUT2D eigenvalue weighted by atomic mass is 35.5. The SMILES string of the molecule is O=C(CSc1nnc(CS(=O)(=O)c2ccccc2)o1)c1ccc(Cl)cc1. The van der Waals surface area contributed by atoms with Gasteiger partial charge in [-0.2, -0.15) is 0 Å². The van der Waals surface area contributed by atoms with Gasteiger partial charge in [-0.1, -0.05) is 41.6 Å². The third kappa shape index (κ3) is 4.72. The van der Waals surface area contributed by atoms with E-state index in [0.29, 0.717) is 10.6 Å². The van der Waals surface area contributed by atoms with Crippen LogP contribution in [0.25, 0.3) is 0 Å². The Balaban J connectivity index is 1.61. The van der Waals surface area contributed by atoms with Gasteiger partial charge in [0.2, 0.25) is 5.89 Å². The van der Waals surface area contributed by atoms with E-state index in [9.17, 15) is 13.2 Å². The molecular weight excluding hydrogens is 396 g/mol. The molecule has 3 aromatic rings. The minimum atomic E-state index is -3.56. The largest absolute Gasteiger partial charge is 0.415 e. The van der Waals surface area contributed by atoms with E-state index >= 15 is 0 Å². The van der Waals surface area contributed by atoms with Gasteiger partial charge < -0.3 is 4.42 Å². The summed E-state index contributed by atoms with van der Waals surface area (Å²) in [6.45, 7) is 0. The number of rotatable bonds is 7. The summed E-state index contributed by atoms with van der Waals surface area (Å²) >= 11 is 6.84. The van der Waals surface area contributed by atoms with E-state index in [0.717, 1.165) is 11.8 Å². The summed E-state index contributed by atoms with van der Waals surface area (Å²) < 4.78 is 29.9. The van der Waals surface area contributed by atoms with Crippen molar-refractivity contribution >= 4 is 39.0 Å². The number of sulfone groups is 1. The average Bonchev–Trinajstić information content (AvgIpc) is 3.08. The fourth-order valence-electron chi connectivity index (χ4n) is 2.07. The van der Waals surface area contributed by atoms with Crippen molar-refractivity contribution < 1.29 is 17.6 Å². The zero-order valence-electron chi connectivity index (χ0n) is 13.3. The molecule has 0 fully saturated rings. The van der Waals surface area contributed by atoms with Gasteiger partial charge in [0.05, 0.1) is 10.6 Å². The van der Waals surface area contributed by atoms with E-state index in [1.807, 2.05) is 0 Å². The molecule has 1 aromatic heterocycles. The van der Waals surface area contributed by atoms with E-state index in [1.54, 1.807) is 42.5 Å². The highest BCUT2D eigenvalue weighted by molar-refractivity contribution is 7.99. The summed E-state index contributed by atoms with van der Waals surface area (Å²) in [7, 11) is -3.56. The lowest BCUT2D eigenvalue weighted by Gasteiger charge is -2.00. The smallest absolute Gasteiger partial charge is 0.277 e. The molecule has 0 radical (unpaired) electrons. The Kier molecular flexibility index (Phi) is 5.75. The second-order valence-electron chi connectivity index (χ2n) is 5.25. The van der Waals surface area contributed by atoms with Crippen LogP contribution in [0.1, 0.15) is 16.2 Å². The minimum absolute atomic E-state index is 0.0182. The molecule has 9 heteroatoms. The molecule has 1 heterocycles. The van der Waals surface area contributed by atoms with Crippen molar-refractivity contribution in [2.75, 3.05) is 5.75 Å². The summed E-state index contributed by atoms with van der Waals surface area (Å²) in [6, 6.07) is 14.6. The zero-order chi connectivity index (χ0) is 18.6.